The largest absolute Gasteiger partial charge is 0.386 e. The van der Waals surface area contributed by atoms with Crippen LogP contribution in [0.5, 0.6) is 0 Å². The zero-order chi connectivity index (χ0) is 45.0. The number of piperidine rings is 1. The maximum absolute atomic E-state index is 15.2. The van der Waals surface area contributed by atoms with Crippen LogP contribution in [0.3, 0.4) is 0 Å². The van der Waals surface area contributed by atoms with Crippen LogP contribution in [0.2, 0.25) is 0 Å². The van der Waals surface area contributed by atoms with Crippen molar-refractivity contribution in [3.8, 4) is 6.07 Å². The van der Waals surface area contributed by atoms with Gasteiger partial charge in [-0.3, -0.25) is 34.1 Å². The Morgan fingerprint density at radius 3 is 2.42 bits per heavy atom. The Morgan fingerprint density at radius 2 is 1.73 bits per heavy atom. The number of ether oxygens (including phenoxy) is 1. The number of anilines is 2. The third-order valence-corrected chi connectivity index (χ3v) is 13.4. The van der Waals surface area contributed by atoms with Gasteiger partial charge in [-0.05, 0) is 88.4 Å². The molecule has 16 nitrogen and oxygen atoms in total. The molecule has 1 saturated carbocycles. The Balaban J connectivity index is 0.811. The van der Waals surface area contributed by atoms with Gasteiger partial charge in [-0.2, -0.15) is 15.5 Å². The summed E-state index contributed by atoms with van der Waals surface area (Å²) in [5.41, 5.74) is 1.63. The molecule has 3 saturated heterocycles. The lowest BCUT2D eigenvalue weighted by atomic mass is 9.88. The Hall–Kier alpha value is -6.29. The van der Waals surface area contributed by atoms with E-state index < -0.39 is 40.9 Å². The molecule has 9 rings (SSSR count). The average Bonchev–Trinajstić information content (AvgIpc) is 3.87. The van der Waals surface area contributed by atoms with Crippen LogP contribution in [0.25, 0.3) is 16.4 Å². The van der Waals surface area contributed by atoms with E-state index in [4.69, 9.17) is 9.84 Å². The number of carbonyl (C=O) groups is 4. The van der Waals surface area contributed by atoms with Crippen LogP contribution in [0.15, 0.2) is 54.9 Å². The number of nitrogens with zero attached hydrogens (tertiary/aromatic N) is 8. The van der Waals surface area contributed by atoms with Crippen molar-refractivity contribution in [1.29, 1.82) is 5.26 Å². The molecule has 0 unspecified atom stereocenters. The number of benzene rings is 2. The number of halogens is 2. The van der Waals surface area contributed by atoms with Crippen molar-refractivity contribution in [2.45, 2.75) is 82.0 Å². The maximum Gasteiger partial charge on any atom is 0.274 e. The molecule has 64 heavy (non-hydrogen) atoms. The first kappa shape index (κ1) is 43.0. The zero-order valence-electron chi connectivity index (χ0n) is 35.9. The third-order valence-electron chi connectivity index (χ3n) is 13.4. The summed E-state index contributed by atoms with van der Waals surface area (Å²) in [4.78, 5) is 57.4. The minimum Gasteiger partial charge on any atom is -0.386 e. The monoisotopic (exact) mass is 876 g/mol. The molecule has 4 fully saturated rings. The smallest absolute Gasteiger partial charge is 0.274 e. The third kappa shape index (κ3) is 8.19. The number of methoxy groups -OCH3 is 1. The van der Waals surface area contributed by atoms with E-state index in [0.717, 1.165) is 31.1 Å². The van der Waals surface area contributed by atoms with Gasteiger partial charge in [0, 0.05) is 86.4 Å². The molecule has 2 atom stereocenters. The number of fused-ring (bicyclic) bond motifs is 2. The number of nitriles is 1. The fourth-order valence-electron chi connectivity index (χ4n) is 9.97. The van der Waals surface area contributed by atoms with Crippen LogP contribution in [0.1, 0.15) is 91.5 Å². The van der Waals surface area contributed by atoms with E-state index in [2.05, 4.69) is 26.7 Å². The fourth-order valence-corrected chi connectivity index (χ4v) is 9.97. The molecule has 3 aromatic heterocycles. The quantitative estimate of drug-likeness (QED) is 0.166. The number of hydrogen-bond donors (Lipinski definition) is 3. The Kier molecular flexibility index (Phi) is 11.4. The molecule has 2 aromatic carbocycles. The summed E-state index contributed by atoms with van der Waals surface area (Å²) >= 11 is 0. The normalized spacial score (nSPS) is 22.4. The highest BCUT2D eigenvalue weighted by atomic mass is 19.1. The molecule has 3 N–H and O–H groups in total. The van der Waals surface area contributed by atoms with E-state index in [-0.39, 0.29) is 48.0 Å². The Labute approximate surface area is 367 Å². The maximum atomic E-state index is 15.2. The van der Waals surface area contributed by atoms with Gasteiger partial charge in [0.2, 0.25) is 17.7 Å². The highest BCUT2D eigenvalue weighted by molar-refractivity contribution is 6.05. The molecule has 0 radical (unpaired) electrons. The van der Waals surface area contributed by atoms with Gasteiger partial charge in [-0.15, -0.1) is 0 Å². The van der Waals surface area contributed by atoms with Crippen LogP contribution in [0.4, 0.5) is 20.2 Å². The topological polar surface area (TPSA) is 190 Å². The molecule has 4 amide bonds. The summed E-state index contributed by atoms with van der Waals surface area (Å²) in [5, 5.41) is 35.6. The second kappa shape index (κ2) is 17.0. The minimum atomic E-state index is -1.29. The molecule has 1 aliphatic carbocycles. The summed E-state index contributed by atoms with van der Waals surface area (Å²) in [5.74, 6) is -4.69. The van der Waals surface area contributed by atoms with Gasteiger partial charge < -0.3 is 25.0 Å². The van der Waals surface area contributed by atoms with Crippen LogP contribution < -0.4 is 15.5 Å². The van der Waals surface area contributed by atoms with Crippen molar-refractivity contribution in [3.05, 3.63) is 88.9 Å². The lowest BCUT2D eigenvalue weighted by Gasteiger charge is -2.49. The van der Waals surface area contributed by atoms with Crippen molar-refractivity contribution in [1.82, 2.24) is 34.5 Å². The molecule has 5 aromatic rings. The number of piperazine rings is 1. The van der Waals surface area contributed by atoms with Crippen LogP contribution in [-0.4, -0.2) is 116 Å². The highest BCUT2D eigenvalue weighted by Crippen LogP contribution is 2.38. The van der Waals surface area contributed by atoms with E-state index in [1.807, 2.05) is 27.9 Å². The lowest BCUT2D eigenvalue weighted by Crippen LogP contribution is -2.63. The number of aromatic nitrogens is 4. The first-order chi connectivity index (χ1) is 30.7. The average molecular weight is 877 g/mol. The molecular formula is C46H50F2N10O6. The van der Waals surface area contributed by atoms with Crippen LogP contribution in [-0.2, 0) is 24.7 Å². The predicted octanol–water partition coefficient (Wildman–Crippen LogP) is 4.61. The molecule has 0 bridgehead atoms. The first-order valence-electron chi connectivity index (χ1n) is 21.7. The standard InChI is InChI=1S/C46H50F2N10O6/c1-46(2,63)35-18-38-27(15-39(35)51-44(61)40-10-8-31-14-26(19-49)20-50-58(31)40)23-57(53-38)30-6-4-29(5-7-30)54-12-13-56(33(24-54)25-64-3)45(62)28-21-55(22-28)32-16-36(47)42(37(48)17-32)34-9-11-41(59)52-43(34)60/h8,10,14-18,20,23,28-30,33-34,63H,4-7,9,11-13,21-22,24-25H2,1-3H3,(H,51,61)(H,52,59,60)/t29?,30?,33-,34-/m1/s1. The first-order valence-corrected chi connectivity index (χ1v) is 21.7. The lowest BCUT2D eigenvalue weighted by molar-refractivity contribution is -0.144. The van der Waals surface area contributed by atoms with Crippen molar-refractivity contribution >= 4 is 51.4 Å². The van der Waals surface area contributed by atoms with Crippen LogP contribution in [0, 0.1) is 28.9 Å². The minimum absolute atomic E-state index is 0.00514. The van der Waals surface area contributed by atoms with E-state index in [9.17, 15) is 29.5 Å². The zero-order valence-corrected chi connectivity index (χ0v) is 35.9. The highest BCUT2D eigenvalue weighted by Gasteiger charge is 2.42. The summed E-state index contributed by atoms with van der Waals surface area (Å²) in [7, 11) is 1.63. The number of nitrogens with one attached hydrogen (secondary N) is 2. The second-order valence-electron chi connectivity index (χ2n) is 18.0. The number of amides is 4. The molecule has 6 heterocycles. The van der Waals surface area contributed by atoms with Gasteiger partial charge in [-0.25, -0.2) is 13.3 Å². The Bertz CT molecular complexity index is 2680. The second-order valence-corrected chi connectivity index (χ2v) is 18.0. The van der Waals surface area contributed by atoms with Crippen molar-refractivity contribution in [2.75, 3.05) is 56.7 Å². The molecule has 18 heteroatoms. The summed E-state index contributed by atoms with van der Waals surface area (Å²) < 4.78 is 39.5. The van der Waals surface area contributed by atoms with Gasteiger partial charge in [0.15, 0.2) is 0 Å². The predicted molar refractivity (Wildman–Crippen MR) is 230 cm³/mol. The summed E-state index contributed by atoms with van der Waals surface area (Å²) in [6.45, 7) is 6.25. The molecule has 4 aliphatic rings. The van der Waals surface area contributed by atoms with Gasteiger partial charge in [0.05, 0.1) is 58.9 Å². The van der Waals surface area contributed by atoms with Crippen molar-refractivity contribution in [3.63, 3.8) is 0 Å². The van der Waals surface area contributed by atoms with Crippen LogP contribution >= 0.6 is 0 Å². The van der Waals surface area contributed by atoms with E-state index >= 15 is 8.78 Å². The van der Waals surface area contributed by atoms with Gasteiger partial charge in [-0.1, -0.05) is 0 Å². The van der Waals surface area contributed by atoms with Crippen molar-refractivity contribution in [2.24, 2.45) is 5.92 Å². The van der Waals surface area contributed by atoms with Gasteiger partial charge in [0.1, 0.15) is 23.4 Å². The van der Waals surface area contributed by atoms with E-state index in [0.29, 0.717) is 78.9 Å². The summed E-state index contributed by atoms with van der Waals surface area (Å²) in [6.07, 6.45) is 7.11. The fraction of sp³-hybridized carbons (Fsp3) is 0.457. The SMILES string of the molecule is COC[C@H]1CN(C2CCC(n3cc4cc(NC(=O)c5ccc6cc(C#N)cnn56)c(C(C)(C)O)cc4n3)CC2)CCN1C(=O)C1CN(c2cc(F)c([C@H]3CCC(=O)NC3=O)c(F)c2)C1. The number of rotatable bonds is 10. The molecule has 334 valence electrons. The van der Waals surface area contributed by atoms with Gasteiger partial charge in [0.25, 0.3) is 5.91 Å². The number of aliphatic hydroxyl groups is 1. The van der Waals surface area contributed by atoms with E-state index in [1.165, 1.54) is 22.8 Å². The van der Waals surface area contributed by atoms with Gasteiger partial charge >= 0.3 is 0 Å². The number of hydrogen-bond acceptors (Lipinski definition) is 11. The van der Waals surface area contributed by atoms with E-state index in [1.54, 1.807) is 44.1 Å². The number of imide groups is 1. The number of carbonyl (C=O) groups excluding carboxylic acids is 4. The molecule has 0 spiro atoms. The van der Waals surface area contributed by atoms with Crippen molar-refractivity contribution < 1.29 is 37.8 Å². The Morgan fingerprint density at radius 1 is 1.00 bits per heavy atom. The molecule has 3 aliphatic heterocycles. The summed E-state index contributed by atoms with van der Waals surface area (Å²) in [6, 6.07) is 13.5. The molecular weight excluding hydrogens is 827 g/mol.